The Hall–Kier alpha value is -1.92. The van der Waals surface area contributed by atoms with Gasteiger partial charge in [-0.05, 0) is 26.0 Å². The third-order valence-corrected chi connectivity index (χ3v) is 2.91. The summed E-state index contributed by atoms with van der Waals surface area (Å²) in [4.78, 5) is 4.30. The lowest BCUT2D eigenvalue weighted by molar-refractivity contribution is 0.0962. The summed E-state index contributed by atoms with van der Waals surface area (Å²) in [6.07, 6.45) is 0.534. The monoisotopic (exact) mass is 291 g/mol. The van der Waals surface area contributed by atoms with Crippen molar-refractivity contribution in [3.63, 3.8) is 0 Å². The minimum atomic E-state index is -0.752. The van der Waals surface area contributed by atoms with Gasteiger partial charge >= 0.3 is 0 Å². The number of rotatable bonds is 8. The fourth-order valence-electron chi connectivity index (χ4n) is 1.74. The summed E-state index contributed by atoms with van der Waals surface area (Å²) in [5.74, 6) is 1.78. The molecule has 0 fully saturated rings. The Morgan fingerprint density at radius 3 is 2.76 bits per heavy atom. The molecule has 0 saturated carbocycles. The molecule has 1 aromatic heterocycles. The van der Waals surface area contributed by atoms with Crippen LogP contribution in [0.5, 0.6) is 5.75 Å². The van der Waals surface area contributed by atoms with Crippen LogP contribution in [-0.4, -0.2) is 30.0 Å². The third-order valence-electron chi connectivity index (χ3n) is 2.91. The predicted octanol–water partition coefficient (Wildman–Crippen LogP) is 1.90. The van der Waals surface area contributed by atoms with Crippen LogP contribution in [0.4, 0.5) is 0 Å². The number of ether oxygens (including phenoxy) is 2. The van der Waals surface area contributed by atoms with Crippen LogP contribution in [0, 0.1) is 0 Å². The molecule has 1 atom stereocenters. The van der Waals surface area contributed by atoms with Gasteiger partial charge in [0.2, 0.25) is 5.89 Å². The lowest BCUT2D eigenvalue weighted by Crippen LogP contribution is -2.39. The first-order valence-corrected chi connectivity index (χ1v) is 6.99. The molecule has 0 radical (unpaired) electrons. The third kappa shape index (κ3) is 4.54. The van der Waals surface area contributed by atoms with E-state index in [-0.39, 0.29) is 0 Å². The Morgan fingerprint density at radius 2 is 2.05 bits per heavy atom. The Morgan fingerprint density at radius 1 is 1.29 bits per heavy atom. The molecule has 2 N–H and O–H groups in total. The molecule has 21 heavy (non-hydrogen) atoms. The minimum Gasteiger partial charge on any atom is -0.493 e. The van der Waals surface area contributed by atoms with Crippen molar-refractivity contribution in [3.8, 4) is 5.75 Å². The molecule has 0 bridgehead atoms. The van der Waals surface area contributed by atoms with Crippen molar-refractivity contribution >= 4 is 0 Å². The molecule has 6 nitrogen and oxygen atoms in total. The van der Waals surface area contributed by atoms with Crippen molar-refractivity contribution in [1.29, 1.82) is 0 Å². The van der Waals surface area contributed by atoms with Crippen molar-refractivity contribution in [3.05, 3.63) is 42.0 Å². The zero-order valence-corrected chi connectivity index (χ0v) is 12.4. The molecule has 0 aliphatic heterocycles. The number of aromatic nitrogens is 2. The highest BCUT2D eigenvalue weighted by Gasteiger charge is 2.27. The smallest absolute Gasteiger partial charge is 0.230 e. The SMILES string of the molecule is CCOCC(C)(N)c1noc(CCOc2ccccc2)n1. The summed E-state index contributed by atoms with van der Waals surface area (Å²) in [5.41, 5.74) is 5.36. The first kappa shape index (κ1) is 15.5. The summed E-state index contributed by atoms with van der Waals surface area (Å²) in [5, 5.41) is 3.92. The maximum absolute atomic E-state index is 6.12. The van der Waals surface area contributed by atoms with Crippen LogP contribution in [0.3, 0.4) is 0 Å². The molecule has 0 amide bonds. The fraction of sp³-hybridized carbons (Fsp3) is 0.467. The summed E-state index contributed by atoms with van der Waals surface area (Å²) in [7, 11) is 0. The van der Waals surface area contributed by atoms with E-state index in [1.54, 1.807) is 0 Å². The highest BCUT2D eigenvalue weighted by Crippen LogP contribution is 2.15. The quantitative estimate of drug-likeness (QED) is 0.799. The van der Waals surface area contributed by atoms with Crippen molar-refractivity contribution in [1.82, 2.24) is 10.1 Å². The van der Waals surface area contributed by atoms with E-state index in [0.29, 0.717) is 38.0 Å². The molecule has 1 aromatic carbocycles. The maximum atomic E-state index is 6.12. The van der Waals surface area contributed by atoms with E-state index in [9.17, 15) is 0 Å². The normalized spacial score (nSPS) is 13.9. The molecule has 1 heterocycles. The van der Waals surface area contributed by atoms with Crippen LogP contribution in [0.15, 0.2) is 34.9 Å². The highest BCUT2D eigenvalue weighted by molar-refractivity contribution is 5.20. The fourth-order valence-corrected chi connectivity index (χ4v) is 1.74. The van der Waals surface area contributed by atoms with Crippen LogP contribution < -0.4 is 10.5 Å². The van der Waals surface area contributed by atoms with E-state index in [2.05, 4.69) is 10.1 Å². The van der Waals surface area contributed by atoms with Crippen molar-refractivity contribution in [2.24, 2.45) is 5.73 Å². The zero-order valence-electron chi connectivity index (χ0n) is 12.4. The Bertz CT molecular complexity index is 540. The van der Waals surface area contributed by atoms with Gasteiger partial charge in [0.1, 0.15) is 11.3 Å². The van der Waals surface area contributed by atoms with Gasteiger partial charge in [-0.25, -0.2) is 0 Å². The summed E-state index contributed by atoms with van der Waals surface area (Å²) < 4.78 is 16.1. The van der Waals surface area contributed by atoms with Crippen LogP contribution in [0.25, 0.3) is 0 Å². The lowest BCUT2D eigenvalue weighted by Gasteiger charge is -2.19. The van der Waals surface area contributed by atoms with Gasteiger partial charge in [-0.2, -0.15) is 4.98 Å². The first-order chi connectivity index (χ1) is 10.1. The maximum Gasteiger partial charge on any atom is 0.230 e. The Labute approximate surface area is 124 Å². The second kappa shape index (κ2) is 7.19. The number of hydrogen-bond donors (Lipinski definition) is 1. The second-order valence-electron chi connectivity index (χ2n) is 4.98. The zero-order chi connectivity index (χ0) is 15.1. The Kier molecular flexibility index (Phi) is 5.30. The molecule has 0 saturated heterocycles. The summed E-state index contributed by atoms with van der Waals surface area (Å²) in [6, 6.07) is 9.59. The molecule has 0 aliphatic carbocycles. The molecular formula is C15H21N3O3. The minimum absolute atomic E-state index is 0.350. The van der Waals surface area contributed by atoms with Gasteiger partial charge in [0.15, 0.2) is 5.82 Å². The number of nitrogens with zero attached hydrogens (tertiary/aromatic N) is 2. The van der Waals surface area contributed by atoms with E-state index in [1.165, 1.54) is 0 Å². The van der Waals surface area contributed by atoms with E-state index >= 15 is 0 Å². The van der Waals surface area contributed by atoms with Crippen LogP contribution in [0.2, 0.25) is 0 Å². The number of benzene rings is 1. The molecule has 2 aromatic rings. The standard InChI is InChI=1S/C15H21N3O3/c1-3-19-11-15(2,16)14-17-13(21-18-14)9-10-20-12-7-5-4-6-8-12/h4-8H,3,9-11,16H2,1-2H3. The average Bonchev–Trinajstić information content (AvgIpc) is 2.96. The van der Waals surface area contributed by atoms with E-state index in [1.807, 2.05) is 44.2 Å². The van der Waals surface area contributed by atoms with Gasteiger partial charge in [0.05, 0.1) is 19.6 Å². The van der Waals surface area contributed by atoms with Crippen LogP contribution in [-0.2, 0) is 16.7 Å². The van der Waals surface area contributed by atoms with Gasteiger partial charge < -0.3 is 19.7 Å². The van der Waals surface area contributed by atoms with Crippen molar-refractivity contribution in [2.45, 2.75) is 25.8 Å². The van der Waals surface area contributed by atoms with Gasteiger partial charge in [0, 0.05) is 6.61 Å². The van der Waals surface area contributed by atoms with Gasteiger partial charge in [0.25, 0.3) is 0 Å². The van der Waals surface area contributed by atoms with Crippen LogP contribution in [0.1, 0.15) is 25.6 Å². The van der Waals surface area contributed by atoms with Crippen molar-refractivity contribution < 1.29 is 14.0 Å². The molecule has 114 valence electrons. The first-order valence-electron chi connectivity index (χ1n) is 6.99. The number of para-hydroxylation sites is 1. The molecule has 2 rings (SSSR count). The predicted molar refractivity (Wildman–Crippen MR) is 78.0 cm³/mol. The molecular weight excluding hydrogens is 270 g/mol. The van der Waals surface area contributed by atoms with E-state index < -0.39 is 5.54 Å². The second-order valence-corrected chi connectivity index (χ2v) is 4.98. The topological polar surface area (TPSA) is 83.4 Å². The highest BCUT2D eigenvalue weighted by atomic mass is 16.5. The van der Waals surface area contributed by atoms with Gasteiger partial charge in [-0.3, -0.25) is 0 Å². The number of nitrogens with two attached hydrogens (primary N) is 1. The van der Waals surface area contributed by atoms with Crippen LogP contribution >= 0.6 is 0 Å². The largest absolute Gasteiger partial charge is 0.493 e. The van der Waals surface area contributed by atoms with Crippen molar-refractivity contribution in [2.75, 3.05) is 19.8 Å². The summed E-state index contributed by atoms with van der Waals surface area (Å²) in [6.45, 7) is 5.15. The Balaban J connectivity index is 1.85. The molecule has 0 spiro atoms. The lowest BCUT2D eigenvalue weighted by atomic mass is 10.1. The van der Waals surface area contributed by atoms with E-state index in [4.69, 9.17) is 19.7 Å². The molecule has 0 aliphatic rings. The van der Waals surface area contributed by atoms with E-state index in [0.717, 1.165) is 5.75 Å². The molecule has 6 heteroatoms. The van der Waals surface area contributed by atoms with Gasteiger partial charge in [-0.1, -0.05) is 23.4 Å². The average molecular weight is 291 g/mol. The van der Waals surface area contributed by atoms with Gasteiger partial charge in [-0.15, -0.1) is 0 Å². The summed E-state index contributed by atoms with van der Waals surface area (Å²) >= 11 is 0. The number of hydrogen-bond acceptors (Lipinski definition) is 6. The molecule has 1 unspecified atom stereocenters.